The number of rotatable bonds is 5. The SMILES string of the molecule is O=C(NC1CCSc2ccc(F)cc21)c1cccc(S(=O)(=O)NC2CCS(=O)(=O)C2)c1. The number of carbonyl (C=O) groups excluding carboxylic acids is 1. The van der Waals surface area contributed by atoms with Crippen LogP contribution in [0.15, 0.2) is 52.3 Å². The number of hydrogen-bond donors (Lipinski definition) is 2. The average molecular weight is 485 g/mol. The standard InChI is InChI=1S/C20H21FN2O5S3/c21-14-4-5-19-17(11-14)18(6-8-29-19)22-20(24)13-2-1-3-16(10-13)31(27,28)23-15-7-9-30(25,26)12-15/h1-5,10-11,15,18,23H,6-9,12H2,(H,22,24). The number of nitrogens with one attached hydrogen (secondary N) is 2. The summed E-state index contributed by atoms with van der Waals surface area (Å²) in [7, 11) is -7.22. The van der Waals surface area contributed by atoms with Crippen LogP contribution in [0.4, 0.5) is 4.39 Å². The van der Waals surface area contributed by atoms with E-state index in [9.17, 15) is 26.0 Å². The molecule has 0 saturated carbocycles. The van der Waals surface area contributed by atoms with E-state index >= 15 is 0 Å². The predicted octanol–water partition coefficient (Wildman–Crippen LogP) is 2.26. The van der Waals surface area contributed by atoms with Crippen LogP contribution in [-0.4, -0.2) is 46.0 Å². The predicted molar refractivity (Wildman–Crippen MR) is 116 cm³/mol. The van der Waals surface area contributed by atoms with Gasteiger partial charge < -0.3 is 5.32 Å². The molecule has 2 atom stereocenters. The van der Waals surface area contributed by atoms with Crippen molar-refractivity contribution in [3.8, 4) is 0 Å². The first-order valence-corrected chi connectivity index (χ1v) is 14.0. The minimum Gasteiger partial charge on any atom is -0.345 e. The normalized spacial score (nSPS) is 22.6. The number of thioether (sulfide) groups is 1. The summed E-state index contributed by atoms with van der Waals surface area (Å²) in [6.07, 6.45) is 0.847. The Morgan fingerprint density at radius 1 is 1.13 bits per heavy atom. The van der Waals surface area contributed by atoms with Gasteiger partial charge in [0.15, 0.2) is 9.84 Å². The lowest BCUT2D eigenvalue weighted by Crippen LogP contribution is -2.35. The van der Waals surface area contributed by atoms with Gasteiger partial charge in [0.1, 0.15) is 5.82 Å². The molecule has 0 aromatic heterocycles. The van der Waals surface area contributed by atoms with Crippen LogP contribution >= 0.6 is 11.8 Å². The number of hydrogen-bond acceptors (Lipinski definition) is 6. The van der Waals surface area contributed by atoms with E-state index in [1.54, 1.807) is 17.8 Å². The summed E-state index contributed by atoms with van der Waals surface area (Å²) in [6.45, 7) is 0. The second-order valence-corrected chi connectivity index (χ2v) is 12.7. The summed E-state index contributed by atoms with van der Waals surface area (Å²) in [5.41, 5.74) is 0.857. The van der Waals surface area contributed by atoms with Gasteiger partial charge in [-0.2, -0.15) is 0 Å². The molecule has 7 nitrogen and oxygen atoms in total. The van der Waals surface area contributed by atoms with Crippen molar-refractivity contribution in [2.24, 2.45) is 0 Å². The average Bonchev–Trinajstić information content (AvgIpc) is 3.06. The molecule has 2 aliphatic heterocycles. The van der Waals surface area contributed by atoms with E-state index in [0.717, 1.165) is 10.6 Å². The zero-order chi connectivity index (χ0) is 22.2. The first-order chi connectivity index (χ1) is 14.6. The van der Waals surface area contributed by atoms with Gasteiger partial charge in [0.05, 0.1) is 22.4 Å². The molecule has 2 aromatic rings. The topological polar surface area (TPSA) is 109 Å². The second-order valence-electron chi connectivity index (χ2n) is 7.59. The maximum atomic E-state index is 13.7. The molecule has 1 saturated heterocycles. The van der Waals surface area contributed by atoms with Crippen LogP contribution in [0.3, 0.4) is 0 Å². The highest BCUT2D eigenvalue weighted by atomic mass is 32.2. The molecule has 166 valence electrons. The van der Waals surface area contributed by atoms with Gasteiger partial charge in [-0.15, -0.1) is 11.8 Å². The molecule has 2 N–H and O–H groups in total. The van der Waals surface area contributed by atoms with Gasteiger partial charge in [-0.05, 0) is 54.8 Å². The smallest absolute Gasteiger partial charge is 0.251 e. The lowest BCUT2D eigenvalue weighted by atomic mass is 10.0. The lowest BCUT2D eigenvalue weighted by molar-refractivity contribution is 0.0934. The molecular formula is C20H21FN2O5S3. The maximum absolute atomic E-state index is 13.7. The van der Waals surface area contributed by atoms with E-state index in [1.807, 2.05) is 0 Å². The third-order valence-corrected chi connectivity index (χ3v) is 9.69. The molecule has 2 aliphatic rings. The summed E-state index contributed by atoms with van der Waals surface area (Å²) in [6, 6.07) is 8.99. The highest BCUT2D eigenvalue weighted by Gasteiger charge is 2.32. The molecular weight excluding hydrogens is 463 g/mol. The summed E-state index contributed by atoms with van der Waals surface area (Å²) < 4.78 is 64.7. The summed E-state index contributed by atoms with van der Waals surface area (Å²) in [5.74, 6) is -0.361. The van der Waals surface area contributed by atoms with E-state index in [0.29, 0.717) is 12.0 Å². The number of sulfonamides is 1. The number of fused-ring (bicyclic) bond motifs is 1. The summed E-state index contributed by atoms with van der Waals surface area (Å²) in [5, 5.41) is 2.87. The van der Waals surface area contributed by atoms with Crippen LogP contribution in [0.1, 0.15) is 34.8 Å². The molecule has 4 rings (SSSR count). The first-order valence-electron chi connectivity index (χ1n) is 9.69. The van der Waals surface area contributed by atoms with Crippen LogP contribution in [0, 0.1) is 5.82 Å². The molecule has 2 unspecified atom stereocenters. The van der Waals surface area contributed by atoms with Crippen molar-refractivity contribution in [1.82, 2.24) is 10.0 Å². The molecule has 31 heavy (non-hydrogen) atoms. The third kappa shape index (κ3) is 5.11. The molecule has 0 aliphatic carbocycles. The number of carbonyl (C=O) groups is 1. The lowest BCUT2D eigenvalue weighted by Gasteiger charge is -2.26. The van der Waals surface area contributed by atoms with Crippen LogP contribution in [0.2, 0.25) is 0 Å². The van der Waals surface area contributed by atoms with Gasteiger partial charge in [0.25, 0.3) is 5.91 Å². The monoisotopic (exact) mass is 484 g/mol. The van der Waals surface area contributed by atoms with E-state index in [-0.39, 0.29) is 40.2 Å². The Hall–Kier alpha value is -1.95. The van der Waals surface area contributed by atoms with E-state index in [4.69, 9.17) is 0 Å². The first kappa shape index (κ1) is 22.3. The van der Waals surface area contributed by atoms with Gasteiger partial charge in [-0.1, -0.05) is 6.07 Å². The molecule has 1 fully saturated rings. The molecule has 0 bridgehead atoms. The molecule has 0 spiro atoms. The van der Waals surface area contributed by atoms with Crippen molar-refractivity contribution in [3.63, 3.8) is 0 Å². The highest BCUT2D eigenvalue weighted by Crippen LogP contribution is 2.36. The van der Waals surface area contributed by atoms with E-state index in [2.05, 4.69) is 10.0 Å². The van der Waals surface area contributed by atoms with Gasteiger partial charge in [-0.25, -0.2) is 25.9 Å². The Bertz CT molecular complexity index is 1230. The van der Waals surface area contributed by atoms with Crippen LogP contribution in [-0.2, 0) is 19.9 Å². The molecule has 11 heteroatoms. The number of halogens is 1. The Morgan fingerprint density at radius 3 is 2.68 bits per heavy atom. The maximum Gasteiger partial charge on any atom is 0.251 e. The second kappa shape index (κ2) is 8.53. The van der Waals surface area contributed by atoms with Gasteiger partial charge in [-0.3, -0.25) is 4.79 Å². The van der Waals surface area contributed by atoms with E-state index < -0.39 is 31.8 Å². The van der Waals surface area contributed by atoms with Gasteiger partial charge in [0.2, 0.25) is 10.0 Å². The van der Waals surface area contributed by atoms with Crippen molar-refractivity contribution in [3.05, 3.63) is 59.4 Å². The number of benzene rings is 2. The van der Waals surface area contributed by atoms with Crippen molar-refractivity contribution < 1.29 is 26.0 Å². The Kier molecular flexibility index (Phi) is 6.12. The Balaban J connectivity index is 1.51. The fourth-order valence-corrected chi connectivity index (χ4v) is 7.94. The van der Waals surface area contributed by atoms with Crippen molar-refractivity contribution in [2.45, 2.75) is 34.7 Å². The van der Waals surface area contributed by atoms with E-state index in [1.165, 1.54) is 36.4 Å². The van der Waals surface area contributed by atoms with Gasteiger partial charge in [0, 0.05) is 22.3 Å². The zero-order valence-electron chi connectivity index (χ0n) is 16.4. The summed E-state index contributed by atoms with van der Waals surface area (Å²) in [4.78, 5) is 13.6. The van der Waals surface area contributed by atoms with Crippen LogP contribution in [0.25, 0.3) is 0 Å². The molecule has 2 aromatic carbocycles. The third-order valence-electron chi connectivity index (χ3n) is 5.28. The Morgan fingerprint density at radius 2 is 1.94 bits per heavy atom. The summed E-state index contributed by atoms with van der Waals surface area (Å²) >= 11 is 1.60. The zero-order valence-corrected chi connectivity index (χ0v) is 18.8. The fourth-order valence-electron chi connectivity index (χ4n) is 3.74. The molecule has 0 radical (unpaired) electrons. The Labute approximate surface area is 184 Å². The number of sulfone groups is 1. The largest absolute Gasteiger partial charge is 0.345 e. The minimum atomic E-state index is -3.98. The fraction of sp³-hybridized carbons (Fsp3) is 0.350. The molecule has 1 amide bonds. The van der Waals surface area contributed by atoms with Crippen molar-refractivity contribution in [1.29, 1.82) is 0 Å². The van der Waals surface area contributed by atoms with Crippen LogP contribution in [0.5, 0.6) is 0 Å². The number of amides is 1. The van der Waals surface area contributed by atoms with Crippen molar-refractivity contribution in [2.75, 3.05) is 17.3 Å². The minimum absolute atomic E-state index is 0.0512. The highest BCUT2D eigenvalue weighted by molar-refractivity contribution is 7.99. The van der Waals surface area contributed by atoms with Gasteiger partial charge >= 0.3 is 0 Å². The van der Waals surface area contributed by atoms with Crippen molar-refractivity contribution >= 4 is 37.5 Å². The molecule has 2 heterocycles. The quantitative estimate of drug-likeness (QED) is 0.674. The van der Waals surface area contributed by atoms with Crippen LogP contribution < -0.4 is 10.0 Å².